The number of aromatic nitrogens is 2. The molecule has 0 aliphatic carbocycles. The van der Waals surface area contributed by atoms with Crippen molar-refractivity contribution in [3.8, 4) is 0 Å². The van der Waals surface area contributed by atoms with E-state index >= 15 is 0 Å². The zero-order valence-corrected chi connectivity index (χ0v) is 12.8. The second-order valence-electron chi connectivity index (χ2n) is 4.16. The van der Waals surface area contributed by atoms with Crippen LogP contribution in [0, 0.1) is 0 Å². The number of aldehydes is 1. The van der Waals surface area contributed by atoms with Gasteiger partial charge in [-0.05, 0) is 18.4 Å². The number of rotatable bonds is 4. The van der Waals surface area contributed by atoms with E-state index in [4.69, 9.17) is 0 Å². The average Bonchev–Trinajstić information content (AvgIpc) is 2.93. The molecule has 1 N–H and O–H groups in total. The molecule has 1 saturated heterocycles. The Bertz CT molecular complexity index is 635. The van der Waals surface area contributed by atoms with E-state index in [1.807, 2.05) is 0 Å². The average molecular weight is 349 g/mol. The lowest BCUT2D eigenvalue weighted by atomic mass is 10.1. The van der Waals surface area contributed by atoms with E-state index in [9.17, 15) is 22.8 Å². The van der Waals surface area contributed by atoms with Crippen molar-refractivity contribution in [2.24, 2.45) is 0 Å². The van der Waals surface area contributed by atoms with Crippen LogP contribution >= 0.6 is 23.5 Å². The first-order valence-electron chi connectivity index (χ1n) is 5.92. The summed E-state index contributed by atoms with van der Waals surface area (Å²) in [5.41, 5.74) is -1.01. The number of ketones is 1. The summed E-state index contributed by atoms with van der Waals surface area (Å²) in [4.78, 5) is 29.9. The summed E-state index contributed by atoms with van der Waals surface area (Å²) in [6.07, 6.45) is -1.46. The van der Waals surface area contributed by atoms with Gasteiger partial charge in [0.05, 0.1) is 5.69 Å². The van der Waals surface area contributed by atoms with E-state index in [0.29, 0.717) is 10.8 Å². The highest BCUT2D eigenvalue weighted by atomic mass is 32.2. The van der Waals surface area contributed by atoms with Crippen LogP contribution in [0.4, 0.5) is 13.2 Å². The summed E-state index contributed by atoms with van der Waals surface area (Å²) in [6.45, 7) is 0. The molecule has 2 rings (SSSR count). The molecule has 1 aromatic rings. The molecule has 2 heterocycles. The zero-order valence-electron chi connectivity index (χ0n) is 11.2. The van der Waals surface area contributed by atoms with Crippen LogP contribution in [0.3, 0.4) is 0 Å². The van der Waals surface area contributed by atoms with E-state index < -0.39 is 23.7 Å². The first kappa shape index (κ1) is 17.0. The third kappa shape index (κ3) is 3.87. The van der Waals surface area contributed by atoms with Gasteiger partial charge in [-0.2, -0.15) is 13.2 Å². The molecule has 22 heavy (non-hydrogen) atoms. The minimum Gasteiger partial charge on any atom is -0.295 e. The third-order valence-electron chi connectivity index (χ3n) is 2.70. The lowest BCUT2D eigenvalue weighted by molar-refractivity contribution is -0.141. The summed E-state index contributed by atoms with van der Waals surface area (Å²) >= 11 is 2.22. The number of alkyl halides is 3. The monoisotopic (exact) mass is 349 g/mol. The molecule has 0 saturated carbocycles. The van der Waals surface area contributed by atoms with Crippen LogP contribution < -0.4 is 5.32 Å². The highest BCUT2D eigenvalue weighted by Crippen LogP contribution is 2.31. The van der Waals surface area contributed by atoms with E-state index in [1.165, 1.54) is 17.8 Å². The number of hydrogen-bond acceptors (Lipinski definition) is 7. The number of thioether (sulfide) groups is 2. The van der Waals surface area contributed by atoms with E-state index in [-0.39, 0.29) is 17.1 Å². The molecule has 10 heteroatoms. The highest BCUT2D eigenvalue weighted by molar-refractivity contribution is 8.03. The number of Topliss-reactive ketones (excluding diaryl/α,β-unsaturated/α-hetero) is 1. The molecule has 1 aliphatic heterocycles. The van der Waals surface area contributed by atoms with Crippen LogP contribution in [0.5, 0.6) is 0 Å². The highest BCUT2D eigenvalue weighted by Gasteiger charge is 2.34. The van der Waals surface area contributed by atoms with Gasteiger partial charge in [-0.1, -0.05) is 11.8 Å². The first-order valence-corrected chi connectivity index (χ1v) is 8.13. The fraction of sp³-hybridized carbons (Fsp3) is 0.333. The molecule has 0 amide bonds. The Labute approximate surface area is 132 Å². The SMILES string of the molecule is CSc1nc(/C=C2\SCNC2C(=O)C=O)cc(C(F)(F)F)n1. The quantitative estimate of drug-likeness (QED) is 0.386. The Morgan fingerprint density at radius 2 is 2.23 bits per heavy atom. The fourth-order valence-electron chi connectivity index (χ4n) is 1.73. The van der Waals surface area contributed by atoms with Gasteiger partial charge in [-0.25, -0.2) is 9.97 Å². The van der Waals surface area contributed by atoms with Crippen LogP contribution in [-0.4, -0.2) is 40.2 Å². The summed E-state index contributed by atoms with van der Waals surface area (Å²) in [6, 6.07) is -0.0156. The largest absolute Gasteiger partial charge is 0.433 e. The van der Waals surface area contributed by atoms with Crippen molar-refractivity contribution in [2.45, 2.75) is 17.4 Å². The van der Waals surface area contributed by atoms with Gasteiger partial charge in [0.1, 0.15) is 11.7 Å². The predicted octanol–water partition coefficient (Wildman–Crippen LogP) is 1.99. The van der Waals surface area contributed by atoms with Crippen molar-refractivity contribution in [2.75, 3.05) is 12.1 Å². The molecule has 0 aromatic carbocycles. The number of carbonyl (C=O) groups is 2. The van der Waals surface area contributed by atoms with Gasteiger partial charge < -0.3 is 0 Å². The van der Waals surface area contributed by atoms with Crippen LogP contribution in [0.1, 0.15) is 11.4 Å². The van der Waals surface area contributed by atoms with Crippen molar-refractivity contribution in [1.29, 1.82) is 0 Å². The topological polar surface area (TPSA) is 72.0 Å². The molecule has 1 fully saturated rings. The zero-order chi connectivity index (χ0) is 16.3. The van der Waals surface area contributed by atoms with Crippen LogP contribution in [-0.2, 0) is 15.8 Å². The second kappa shape index (κ2) is 6.80. The Balaban J connectivity index is 2.41. The maximum absolute atomic E-state index is 12.8. The van der Waals surface area contributed by atoms with E-state index in [0.717, 1.165) is 17.8 Å². The maximum Gasteiger partial charge on any atom is 0.433 e. The molecule has 0 spiro atoms. The molecular formula is C12H10F3N3O2S2. The lowest BCUT2D eigenvalue weighted by Crippen LogP contribution is -2.32. The van der Waals surface area contributed by atoms with Gasteiger partial charge in [0.25, 0.3) is 0 Å². The molecule has 1 aliphatic rings. The summed E-state index contributed by atoms with van der Waals surface area (Å²) < 4.78 is 38.5. The molecule has 0 bridgehead atoms. The summed E-state index contributed by atoms with van der Waals surface area (Å²) in [5.74, 6) is -0.283. The second-order valence-corrected chi connectivity index (χ2v) is 5.98. The van der Waals surface area contributed by atoms with E-state index in [1.54, 1.807) is 6.26 Å². The molecule has 1 aromatic heterocycles. The van der Waals surface area contributed by atoms with Crippen molar-refractivity contribution < 1.29 is 22.8 Å². The van der Waals surface area contributed by atoms with Gasteiger partial charge in [0.15, 0.2) is 11.4 Å². The van der Waals surface area contributed by atoms with Gasteiger partial charge >= 0.3 is 6.18 Å². The molecule has 1 atom stereocenters. The van der Waals surface area contributed by atoms with Crippen LogP contribution in [0.2, 0.25) is 0 Å². The maximum atomic E-state index is 12.8. The van der Waals surface area contributed by atoms with Crippen molar-refractivity contribution >= 4 is 41.7 Å². The molecule has 1 unspecified atom stereocenters. The predicted molar refractivity (Wildman–Crippen MR) is 77.2 cm³/mol. The summed E-state index contributed by atoms with van der Waals surface area (Å²) in [5, 5.41) is 2.78. The normalized spacial score (nSPS) is 20.4. The van der Waals surface area contributed by atoms with Gasteiger partial charge in [0.2, 0.25) is 5.78 Å². The van der Waals surface area contributed by atoms with Crippen LogP contribution in [0.25, 0.3) is 6.08 Å². The Morgan fingerprint density at radius 1 is 1.50 bits per heavy atom. The molecule has 5 nitrogen and oxygen atoms in total. The first-order chi connectivity index (χ1) is 10.3. The summed E-state index contributed by atoms with van der Waals surface area (Å²) in [7, 11) is 0. The number of halogens is 3. The standard InChI is InChI=1S/C12H10F3N3O2S2/c1-21-11-17-6(3-9(18-11)12(13,14)15)2-8-10(7(20)4-19)16-5-22-8/h2-4,10,16H,5H2,1H3/b8-2-. The van der Waals surface area contributed by atoms with Crippen molar-refractivity contribution in [1.82, 2.24) is 15.3 Å². The number of nitrogens with zero attached hydrogens (tertiary/aromatic N) is 2. The van der Waals surface area contributed by atoms with Gasteiger partial charge in [-0.15, -0.1) is 11.8 Å². The Kier molecular flexibility index (Phi) is 5.24. The molecular weight excluding hydrogens is 339 g/mol. The van der Waals surface area contributed by atoms with Gasteiger partial charge in [0, 0.05) is 10.8 Å². The molecule has 118 valence electrons. The Hall–Kier alpha value is -1.39. The minimum atomic E-state index is -4.58. The lowest BCUT2D eigenvalue weighted by Gasteiger charge is -2.09. The van der Waals surface area contributed by atoms with E-state index in [2.05, 4.69) is 15.3 Å². The smallest absolute Gasteiger partial charge is 0.295 e. The third-order valence-corrected chi connectivity index (χ3v) is 4.25. The fourth-order valence-corrected chi connectivity index (χ4v) is 3.10. The Morgan fingerprint density at radius 3 is 2.82 bits per heavy atom. The van der Waals surface area contributed by atoms with Gasteiger partial charge in [-0.3, -0.25) is 14.9 Å². The minimum absolute atomic E-state index is 0.0177. The number of nitrogens with one attached hydrogen (secondary N) is 1. The molecule has 0 radical (unpaired) electrons. The van der Waals surface area contributed by atoms with Crippen molar-refractivity contribution in [3.63, 3.8) is 0 Å². The van der Waals surface area contributed by atoms with Crippen molar-refractivity contribution in [3.05, 3.63) is 22.4 Å². The number of carbonyl (C=O) groups excluding carboxylic acids is 2. The van der Waals surface area contributed by atoms with Crippen LogP contribution in [0.15, 0.2) is 16.1 Å². The number of hydrogen-bond donors (Lipinski definition) is 1.